The second-order valence-electron chi connectivity index (χ2n) is 8.99. The van der Waals surface area contributed by atoms with E-state index in [1.54, 1.807) is 23.9 Å². The van der Waals surface area contributed by atoms with Crippen LogP contribution in [0.3, 0.4) is 0 Å². The lowest BCUT2D eigenvalue weighted by Crippen LogP contribution is -2.66. The third-order valence-corrected chi connectivity index (χ3v) is 8.51. The van der Waals surface area contributed by atoms with Gasteiger partial charge in [-0.05, 0) is 31.2 Å². The van der Waals surface area contributed by atoms with Gasteiger partial charge in [0.15, 0.2) is 0 Å². The number of hydrogen-bond acceptors (Lipinski definition) is 5. The van der Waals surface area contributed by atoms with Gasteiger partial charge >= 0.3 is 0 Å². The van der Waals surface area contributed by atoms with Gasteiger partial charge in [0.05, 0.1) is 4.92 Å². The molecule has 0 bridgehead atoms. The number of non-ortho nitro benzene ring substituents is 1. The Kier molecular flexibility index (Phi) is 6.84. The smallest absolute Gasteiger partial charge is 0.269 e. The fourth-order valence-corrected chi connectivity index (χ4v) is 6.91. The molecule has 7 nitrogen and oxygen atoms in total. The summed E-state index contributed by atoms with van der Waals surface area (Å²) in [6, 6.07) is 6.55. The number of nitro groups is 1. The number of nitrogens with zero attached hydrogens (tertiary/aromatic N) is 2. The normalized spacial score (nSPS) is 27.3. The van der Waals surface area contributed by atoms with Crippen molar-refractivity contribution in [3.63, 3.8) is 0 Å². The second-order valence-corrected chi connectivity index (χ2v) is 10.3. The monoisotopic (exact) mass is 445 g/mol. The molecule has 0 unspecified atom stereocenters. The molecular formula is C23H31N3O4S. The molecule has 0 radical (unpaired) electrons. The van der Waals surface area contributed by atoms with Gasteiger partial charge in [0, 0.05) is 42.1 Å². The number of hydrogen-bond donors (Lipinski definition) is 1. The number of amides is 2. The standard InChI is InChI=1S/C23H31N3O4S/c27-21-13-15-31-20-8-4-5-14-23(20,22(28)24-18-6-2-1-3-7-18)25(21)16-17-9-11-19(12-10-17)26(29)30/h9-12,18,20H,1-8,13-16H2,(H,24,28)/t20-,23+/m0/s1. The quantitative estimate of drug-likeness (QED) is 0.542. The van der Waals surface area contributed by atoms with E-state index in [9.17, 15) is 19.7 Å². The topological polar surface area (TPSA) is 92.6 Å². The number of carbonyl (C=O) groups is 2. The highest BCUT2D eigenvalue weighted by atomic mass is 32.2. The first kappa shape index (κ1) is 22.1. The number of benzene rings is 1. The van der Waals surface area contributed by atoms with Gasteiger partial charge in [-0.2, -0.15) is 11.8 Å². The summed E-state index contributed by atoms with van der Waals surface area (Å²) in [5.41, 5.74) is 0.0113. The van der Waals surface area contributed by atoms with Crippen molar-refractivity contribution in [2.45, 2.75) is 87.6 Å². The van der Waals surface area contributed by atoms with Crippen LogP contribution < -0.4 is 5.32 Å². The molecule has 0 spiro atoms. The van der Waals surface area contributed by atoms with Crippen molar-refractivity contribution in [1.29, 1.82) is 0 Å². The molecule has 168 valence electrons. The molecule has 1 saturated heterocycles. The Morgan fingerprint density at radius 2 is 1.84 bits per heavy atom. The van der Waals surface area contributed by atoms with Crippen molar-refractivity contribution in [2.24, 2.45) is 0 Å². The highest BCUT2D eigenvalue weighted by Gasteiger charge is 2.54. The van der Waals surface area contributed by atoms with E-state index in [0.29, 0.717) is 19.4 Å². The number of fused-ring (bicyclic) bond motifs is 1. The Morgan fingerprint density at radius 1 is 1.13 bits per heavy atom. The van der Waals surface area contributed by atoms with Crippen LogP contribution in [0.5, 0.6) is 0 Å². The van der Waals surface area contributed by atoms with Crippen LogP contribution in [0.15, 0.2) is 24.3 Å². The third kappa shape index (κ3) is 4.59. The SMILES string of the molecule is O=C1CCS[C@H]2CCCC[C@@]2(C(=O)NC2CCCCC2)N1Cc1ccc([N+](=O)[O-])cc1. The zero-order valence-corrected chi connectivity index (χ0v) is 18.7. The molecule has 2 amide bonds. The second kappa shape index (κ2) is 9.59. The molecule has 1 N–H and O–H groups in total. The lowest BCUT2D eigenvalue weighted by molar-refractivity contribution is -0.384. The van der Waals surface area contributed by atoms with Crippen LogP contribution in [-0.2, 0) is 16.1 Å². The number of rotatable bonds is 5. The maximum Gasteiger partial charge on any atom is 0.269 e. The fourth-order valence-electron chi connectivity index (χ4n) is 5.37. The third-order valence-electron chi connectivity index (χ3n) is 7.05. The molecule has 3 fully saturated rings. The molecule has 0 aromatic heterocycles. The number of thioether (sulfide) groups is 1. The van der Waals surface area contributed by atoms with Gasteiger partial charge < -0.3 is 10.2 Å². The molecule has 3 aliphatic rings. The maximum absolute atomic E-state index is 13.9. The van der Waals surface area contributed by atoms with Gasteiger partial charge in [-0.1, -0.05) is 44.2 Å². The molecule has 1 heterocycles. The van der Waals surface area contributed by atoms with Gasteiger partial charge in [-0.25, -0.2) is 0 Å². The summed E-state index contributed by atoms with van der Waals surface area (Å²) in [6.07, 6.45) is 9.58. The van der Waals surface area contributed by atoms with E-state index in [4.69, 9.17) is 0 Å². The molecule has 1 aromatic carbocycles. The molecule has 8 heteroatoms. The summed E-state index contributed by atoms with van der Waals surface area (Å²) in [5.74, 6) is 0.751. The highest BCUT2D eigenvalue weighted by molar-refractivity contribution is 8.00. The largest absolute Gasteiger partial charge is 0.351 e. The van der Waals surface area contributed by atoms with E-state index < -0.39 is 10.5 Å². The maximum atomic E-state index is 13.9. The Morgan fingerprint density at radius 3 is 2.55 bits per heavy atom. The first-order chi connectivity index (χ1) is 15.0. The summed E-state index contributed by atoms with van der Waals surface area (Å²) < 4.78 is 0. The number of carbonyl (C=O) groups excluding carboxylic acids is 2. The van der Waals surface area contributed by atoms with E-state index >= 15 is 0 Å². The van der Waals surface area contributed by atoms with Crippen LogP contribution >= 0.6 is 11.8 Å². The van der Waals surface area contributed by atoms with Gasteiger partial charge in [0.25, 0.3) is 5.69 Å². The molecule has 31 heavy (non-hydrogen) atoms. The fraction of sp³-hybridized carbons (Fsp3) is 0.652. The Hall–Kier alpha value is -2.09. The van der Waals surface area contributed by atoms with Crippen LogP contribution in [0, 0.1) is 10.1 Å². The highest BCUT2D eigenvalue weighted by Crippen LogP contribution is 2.44. The Bertz CT molecular complexity index is 825. The number of nitro benzene ring substituents is 1. The average Bonchev–Trinajstić information content (AvgIpc) is 2.92. The zero-order chi connectivity index (χ0) is 21.8. The van der Waals surface area contributed by atoms with E-state index in [1.165, 1.54) is 18.6 Å². The van der Waals surface area contributed by atoms with Crippen molar-refractivity contribution in [3.8, 4) is 0 Å². The molecule has 2 saturated carbocycles. The van der Waals surface area contributed by atoms with Crippen molar-refractivity contribution >= 4 is 29.3 Å². The van der Waals surface area contributed by atoms with E-state index in [-0.39, 0.29) is 28.8 Å². The van der Waals surface area contributed by atoms with Gasteiger partial charge in [-0.15, -0.1) is 0 Å². The van der Waals surface area contributed by atoms with Crippen molar-refractivity contribution in [1.82, 2.24) is 10.2 Å². The van der Waals surface area contributed by atoms with Crippen molar-refractivity contribution in [3.05, 3.63) is 39.9 Å². The predicted octanol–water partition coefficient (Wildman–Crippen LogP) is 4.19. The molecule has 2 aliphatic carbocycles. The lowest BCUT2D eigenvalue weighted by atomic mass is 9.77. The molecule has 1 aliphatic heterocycles. The zero-order valence-electron chi connectivity index (χ0n) is 17.9. The molecule has 1 aromatic rings. The minimum Gasteiger partial charge on any atom is -0.351 e. The van der Waals surface area contributed by atoms with Crippen LogP contribution in [0.25, 0.3) is 0 Å². The van der Waals surface area contributed by atoms with Crippen LogP contribution in [0.1, 0.15) is 69.8 Å². The Labute approximate surface area is 187 Å². The van der Waals surface area contributed by atoms with Crippen LogP contribution in [-0.4, -0.2) is 44.2 Å². The first-order valence-corrected chi connectivity index (χ1v) is 12.5. The van der Waals surface area contributed by atoms with Crippen LogP contribution in [0.4, 0.5) is 5.69 Å². The van der Waals surface area contributed by atoms with Crippen LogP contribution in [0.2, 0.25) is 0 Å². The van der Waals surface area contributed by atoms with Crippen molar-refractivity contribution in [2.75, 3.05) is 5.75 Å². The summed E-state index contributed by atoms with van der Waals surface area (Å²) in [4.78, 5) is 39.5. The van der Waals surface area contributed by atoms with Gasteiger partial charge in [-0.3, -0.25) is 19.7 Å². The summed E-state index contributed by atoms with van der Waals surface area (Å²) >= 11 is 1.77. The molecule has 2 atom stereocenters. The van der Waals surface area contributed by atoms with Gasteiger partial charge in [0.1, 0.15) is 5.54 Å². The summed E-state index contributed by atoms with van der Waals surface area (Å²) in [7, 11) is 0. The lowest BCUT2D eigenvalue weighted by Gasteiger charge is -2.49. The first-order valence-electron chi connectivity index (χ1n) is 11.5. The number of nitrogens with one attached hydrogen (secondary N) is 1. The minimum absolute atomic E-state index is 0.00811. The minimum atomic E-state index is -0.838. The summed E-state index contributed by atoms with van der Waals surface area (Å²) in [6.45, 7) is 0.311. The van der Waals surface area contributed by atoms with E-state index in [1.807, 2.05) is 4.90 Å². The Balaban J connectivity index is 1.65. The summed E-state index contributed by atoms with van der Waals surface area (Å²) in [5, 5.41) is 14.4. The van der Waals surface area contributed by atoms with E-state index in [2.05, 4.69) is 5.32 Å². The van der Waals surface area contributed by atoms with E-state index in [0.717, 1.165) is 56.3 Å². The molecular weight excluding hydrogens is 414 g/mol. The van der Waals surface area contributed by atoms with Gasteiger partial charge in [0.2, 0.25) is 11.8 Å². The average molecular weight is 446 g/mol. The predicted molar refractivity (Wildman–Crippen MR) is 121 cm³/mol. The molecule has 4 rings (SSSR count). The van der Waals surface area contributed by atoms with Crippen molar-refractivity contribution < 1.29 is 14.5 Å².